The lowest BCUT2D eigenvalue weighted by molar-refractivity contribution is 0.0180. The molecule has 130 valence electrons. The molecule has 1 aromatic rings. The second-order valence-electron chi connectivity index (χ2n) is 6.10. The topological polar surface area (TPSA) is 62.9 Å². The Kier molecular flexibility index (Phi) is 8.86. The van der Waals surface area contributed by atoms with E-state index in [1.165, 1.54) is 11.1 Å². The number of aryl methyl sites for hydroxylation is 1. The van der Waals surface area contributed by atoms with E-state index < -0.39 is 0 Å². The van der Waals surface area contributed by atoms with Crippen LogP contribution in [-0.2, 0) is 4.74 Å². The zero-order valence-electron chi connectivity index (χ0n) is 14.3. The summed E-state index contributed by atoms with van der Waals surface area (Å²) in [6.07, 6.45) is 0. The Morgan fingerprint density at radius 1 is 1.26 bits per heavy atom. The van der Waals surface area contributed by atoms with Crippen molar-refractivity contribution in [1.29, 1.82) is 0 Å². The Morgan fingerprint density at radius 3 is 2.43 bits per heavy atom. The van der Waals surface area contributed by atoms with Crippen LogP contribution in [0.4, 0.5) is 0 Å². The fourth-order valence-electron chi connectivity index (χ4n) is 2.64. The number of morpholine rings is 1. The molecule has 0 radical (unpaired) electrons. The summed E-state index contributed by atoms with van der Waals surface area (Å²) in [5.41, 5.74) is 8.51. The van der Waals surface area contributed by atoms with Crippen molar-refractivity contribution in [3.63, 3.8) is 0 Å². The fraction of sp³-hybridized carbons (Fsp3) is 0.588. The number of hydrogen-bond acceptors (Lipinski definition) is 3. The van der Waals surface area contributed by atoms with Gasteiger partial charge in [-0.15, -0.1) is 24.0 Å². The lowest BCUT2D eigenvalue weighted by Gasteiger charge is -2.34. The minimum absolute atomic E-state index is 0. The fourth-order valence-corrected chi connectivity index (χ4v) is 2.64. The first kappa shape index (κ1) is 20.2. The Hall–Kier alpha value is -0.860. The van der Waals surface area contributed by atoms with Crippen LogP contribution in [0.5, 0.6) is 0 Å². The van der Waals surface area contributed by atoms with Crippen LogP contribution in [-0.4, -0.2) is 49.7 Å². The van der Waals surface area contributed by atoms with Gasteiger partial charge < -0.3 is 15.8 Å². The largest absolute Gasteiger partial charge is 0.379 e. The summed E-state index contributed by atoms with van der Waals surface area (Å²) in [6.45, 7) is 10.3. The molecule has 0 saturated carbocycles. The number of hydrogen-bond donors (Lipinski definition) is 2. The van der Waals surface area contributed by atoms with Gasteiger partial charge in [-0.3, -0.25) is 9.89 Å². The molecule has 3 N–H and O–H groups in total. The molecule has 1 unspecified atom stereocenters. The molecule has 6 heteroatoms. The van der Waals surface area contributed by atoms with Crippen molar-refractivity contribution in [2.45, 2.75) is 32.9 Å². The zero-order valence-corrected chi connectivity index (χ0v) is 16.6. The van der Waals surface area contributed by atoms with Crippen LogP contribution in [0.1, 0.15) is 31.0 Å². The van der Waals surface area contributed by atoms with Gasteiger partial charge in [0.1, 0.15) is 0 Å². The van der Waals surface area contributed by atoms with E-state index in [2.05, 4.69) is 60.2 Å². The Bertz CT molecular complexity index is 484. The summed E-state index contributed by atoms with van der Waals surface area (Å²) in [4.78, 5) is 6.97. The lowest BCUT2D eigenvalue weighted by atomic mass is 10.0. The number of nitrogens with one attached hydrogen (secondary N) is 1. The summed E-state index contributed by atoms with van der Waals surface area (Å²) in [5, 5.41) is 3.15. The van der Waals surface area contributed by atoms with E-state index in [0.29, 0.717) is 18.5 Å². The van der Waals surface area contributed by atoms with E-state index >= 15 is 0 Å². The molecule has 0 spiro atoms. The Balaban J connectivity index is 0.00000264. The summed E-state index contributed by atoms with van der Waals surface area (Å²) in [5.74, 6) is 0.514. The monoisotopic (exact) mass is 432 g/mol. The predicted octanol–water partition coefficient (Wildman–Crippen LogP) is 2.30. The van der Waals surface area contributed by atoms with Crippen LogP contribution in [0.15, 0.2) is 29.3 Å². The van der Waals surface area contributed by atoms with E-state index in [0.717, 1.165) is 26.3 Å². The number of aliphatic imine (C=N–C) groups is 1. The van der Waals surface area contributed by atoms with Crippen molar-refractivity contribution in [2.24, 2.45) is 10.7 Å². The van der Waals surface area contributed by atoms with Gasteiger partial charge in [-0.25, -0.2) is 0 Å². The van der Waals surface area contributed by atoms with Crippen LogP contribution in [0.25, 0.3) is 0 Å². The first-order chi connectivity index (χ1) is 10.6. The smallest absolute Gasteiger partial charge is 0.188 e. The Morgan fingerprint density at radius 2 is 1.87 bits per heavy atom. The van der Waals surface area contributed by atoms with Crippen molar-refractivity contribution in [2.75, 3.05) is 32.8 Å². The SMILES string of the molecule is Cc1ccc(C(CN=C(N)NC(C)C)N2CCOCC2)cc1.I. The summed E-state index contributed by atoms with van der Waals surface area (Å²) in [7, 11) is 0. The summed E-state index contributed by atoms with van der Waals surface area (Å²) in [6, 6.07) is 9.24. The van der Waals surface area contributed by atoms with Gasteiger partial charge in [0.25, 0.3) is 0 Å². The number of halogens is 1. The number of guanidine groups is 1. The van der Waals surface area contributed by atoms with E-state index in [4.69, 9.17) is 10.5 Å². The average molecular weight is 432 g/mol. The van der Waals surface area contributed by atoms with Crippen LogP contribution in [0.3, 0.4) is 0 Å². The molecule has 1 aromatic carbocycles. The third-order valence-electron chi connectivity index (χ3n) is 3.82. The second-order valence-corrected chi connectivity index (χ2v) is 6.10. The maximum atomic E-state index is 5.95. The molecule has 0 aromatic heterocycles. The standard InChI is InChI=1S/C17H28N4O.HI/c1-13(2)20-17(18)19-12-16(21-8-10-22-11-9-21)15-6-4-14(3)5-7-15;/h4-7,13,16H,8-12H2,1-3H3,(H3,18,19,20);1H. The van der Waals surface area contributed by atoms with Gasteiger partial charge in [0.15, 0.2) is 5.96 Å². The van der Waals surface area contributed by atoms with Gasteiger partial charge in [-0.1, -0.05) is 29.8 Å². The molecule has 1 heterocycles. The van der Waals surface area contributed by atoms with Gasteiger partial charge in [-0.05, 0) is 26.3 Å². The summed E-state index contributed by atoms with van der Waals surface area (Å²) < 4.78 is 5.47. The highest BCUT2D eigenvalue weighted by Gasteiger charge is 2.22. The highest BCUT2D eigenvalue weighted by molar-refractivity contribution is 14.0. The van der Waals surface area contributed by atoms with E-state index in [9.17, 15) is 0 Å². The molecule has 0 aliphatic carbocycles. The molecule has 23 heavy (non-hydrogen) atoms. The molecular formula is C17H29IN4O. The highest BCUT2D eigenvalue weighted by Crippen LogP contribution is 2.22. The van der Waals surface area contributed by atoms with Crippen molar-refractivity contribution in [1.82, 2.24) is 10.2 Å². The predicted molar refractivity (Wildman–Crippen MR) is 106 cm³/mol. The number of nitrogens with zero attached hydrogens (tertiary/aromatic N) is 2. The quantitative estimate of drug-likeness (QED) is 0.426. The first-order valence-electron chi connectivity index (χ1n) is 8.01. The van der Waals surface area contributed by atoms with Crippen LogP contribution >= 0.6 is 24.0 Å². The van der Waals surface area contributed by atoms with E-state index in [1.807, 2.05) is 0 Å². The molecule has 1 atom stereocenters. The van der Waals surface area contributed by atoms with E-state index in [-0.39, 0.29) is 30.0 Å². The van der Waals surface area contributed by atoms with Crippen LogP contribution in [0, 0.1) is 6.92 Å². The molecule has 0 amide bonds. The number of benzene rings is 1. The Labute approximate surface area is 156 Å². The average Bonchev–Trinajstić information content (AvgIpc) is 2.49. The maximum Gasteiger partial charge on any atom is 0.188 e. The third kappa shape index (κ3) is 6.64. The van der Waals surface area contributed by atoms with Gasteiger partial charge in [-0.2, -0.15) is 0 Å². The normalized spacial score (nSPS) is 17.7. The maximum absolute atomic E-state index is 5.95. The zero-order chi connectivity index (χ0) is 15.9. The molecular weight excluding hydrogens is 403 g/mol. The van der Waals surface area contributed by atoms with Crippen molar-refractivity contribution >= 4 is 29.9 Å². The van der Waals surface area contributed by atoms with E-state index in [1.54, 1.807) is 0 Å². The molecule has 1 fully saturated rings. The summed E-state index contributed by atoms with van der Waals surface area (Å²) >= 11 is 0. The second kappa shape index (κ2) is 10.1. The molecule has 1 aliphatic heterocycles. The molecule has 5 nitrogen and oxygen atoms in total. The van der Waals surface area contributed by atoms with Gasteiger partial charge in [0.2, 0.25) is 0 Å². The number of rotatable bonds is 5. The molecule has 1 aliphatic rings. The highest BCUT2D eigenvalue weighted by atomic mass is 127. The molecule has 0 bridgehead atoms. The van der Waals surface area contributed by atoms with Crippen molar-refractivity contribution in [3.05, 3.63) is 35.4 Å². The van der Waals surface area contributed by atoms with Crippen molar-refractivity contribution in [3.8, 4) is 0 Å². The molecule has 1 saturated heterocycles. The minimum Gasteiger partial charge on any atom is -0.379 e. The first-order valence-corrected chi connectivity index (χ1v) is 8.01. The molecule has 2 rings (SSSR count). The number of nitrogens with two attached hydrogens (primary N) is 1. The van der Waals surface area contributed by atoms with Gasteiger partial charge in [0, 0.05) is 19.1 Å². The van der Waals surface area contributed by atoms with Crippen LogP contribution in [0.2, 0.25) is 0 Å². The van der Waals surface area contributed by atoms with Gasteiger partial charge >= 0.3 is 0 Å². The number of ether oxygens (including phenoxy) is 1. The third-order valence-corrected chi connectivity index (χ3v) is 3.82. The van der Waals surface area contributed by atoms with Crippen LogP contribution < -0.4 is 11.1 Å². The van der Waals surface area contributed by atoms with Crippen molar-refractivity contribution < 1.29 is 4.74 Å². The van der Waals surface area contributed by atoms with Gasteiger partial charge in [0.05, 0.1) is 25.8 Å². The minimum atomic E-state index is 0. The lowest BCUT2D eigenvalue weighted by Crippen LogP contribution is -2.41.